The van der Waals surface area contributed by atoms with Crippen LogP contribution in [0.15, 0.2) is 39.4 Å². The molecule has 0 saturated heterocycles. The molecule has 2 rings (SSSR count). The van der Waals surface area contributed by atoms with Crippen LogP contribution in [0.1, 0.15) is 25.7 Å². The standard InChI is InChI=1S/C15H19BrN2O/c1-2-9-17-10-5-8-15-18-11-14(19-15)12-6-3-4-7-13(12)16/h3-4,6-7,11,17H,2,5,8-10H2,1H3. The lowest BCUT2D eigenvalue weighted by Gasteiger charge is -2.01. The highest BCUT2D eigenvalue weighted by molar-refractivity contribution is 9.10. The van der Waals surface area contributed by atoms with Gasteiger partial charge in [0, 0.05) is 16.5 Å². The molecule has 1 heterocycles. The third-order valence-electron chi connectivity index (χ3n) is 2.86. The fraction of sp³-hybridized carbons (Fsp3) is 0.400. The molecule has 0 atom stereocenters. The van der Waals surface area contributed by atoms with Crippen molar-refractivity contribution in [2.75, 3.05) is 13.1 Å². The number of benzene rings is 1. The molecule has 4 heteroatoms. The van der Waals surface area contributed by atoms with Gasteiger partial charge in [0.05, 0.1) is 6.20 Å². The zero-order valence-electron chi connectivity index (χ0n) is 11.2. The van der Waals surface area contributed by atoms with Gasteiger partial charge < -0.3 is 9.73 Å². The molecule has 0 spiro atoms. The molecular formula is C15H19BrN2O. The second-order valence-electron chi connectivity index (χ2n) is 4.45. The number of aryl methyl sites for hydroxylation is 1. The monoisotopic (exact) mass is 322 g/mol. The van der Waals surface area contributed by atoms with E-state index < -0.39 is 0 Å². The number of aromatic nitrogens is 1. The van der Waals surface area contributed by atoms with E-state index in [0.29, 0.717) is 0 Å². The molecule has 0 radical (unpaired) electrons. The lowest BCUT2D eigenvalue weighted by atomic mass is 10.2. The van der Waals surface area contributed by atoms with Gasteiger partial charge in [-0.25, -0.2) is 4.98 Å². The van der Waals surface area contributed by atoms with Gasteiger partial charge in [-0.3, -0.25) is 0 Å². The molecular weight excluding hydrogens is 304 g/mol. The molecule has 0 aliphatic carbocycles. The van der Waals surface area contributed by atoms with Crippen molar-refractivity contribution in [3.63, 3.8) is 0 Å². The van der Waals surface area contributed by atoms with Crippen LogP contribution in [-0.4, -0.2) is 18.1 Å². The molecule has 19 heavy (non-hydrogen) atoms. The minimum atomic E-state index is 0.809. The Morgan fingerprint density at radius 1 is 1.26 bits per heavy atom. The molecule has 0 amide bonds. The van der Waals surface area contributed by atoms with Gasteiger partial charge in [0.1, 0.15) is 0 Å². The van der Waals surface area contributed by atoms with E-state index in [2.05, 4.69) is 33.2 Å². The van der Waals surface area contributed by atoms with Crippen LogP contribution in [0, 0.1) is 0 Å². The van der Waals surface area contributed by atoms with Gasteiger partial charge in [-0.1, -0.05) is 41.1 Å². The lowest BCUT2D eigenvalue weighted by molar-refractivity contribution is 0.491. The number of nitrogens with one attached hydrogen (secondary N) is 1. The molecule has 0 fully saturated rings. The van der Waals surface area contributed by atoms with Gasteiger partial charge in [0.2, 0.25) is 0 Å². The number of halogens is 1. The molecule has 1 aromatic heterocycles. The van der Waals surface area contributed by atoms with Gasteiger partial charge in [-0.2, -0.15) is 0 Å². The van der Waals surface area contributed by atoms with Gasteiger partial charge in [0.25, 0.3) is 0 Å². The smallest absolute Gasteiger partial charge is 0.194 e. The van der Waals surface area contributed by atoms with Crippen LogP contribution in [-0.2, 0) is 6.42 Å². The van der Waals surface area contributed by atoms with Crippen LogP contribution in [0.5, 0.6) is 0 Å². The quantitative estimate of drug-likeness (QED) is 0.782. The lowest BCUT2D eigenvalue weighted by Crippen LogP contribution is -2.16. The first kappa shape index (κ1) is 14.3. The van der Waals surface area contributed by atoms with Crippen molar-refractivity contribution in [1.29, 1.82) is 0 Å². The molecule has 0 saturated carbocycles. The van der Waals surface area contributed by atoms with Crippen molar-refractivity contribution in [3.05, 3.63) is 40.8 Å². The van der Waals surface area contributed by atoms with Gasteiger partial charge >= 0.3 is 0 Å². The zero-order valence-corrected chi connectivity index (χ0v) is 12.7. The number of hydrogen-bond acceptors (Lipinski definition) is 3. The largest absolute Gasteiger partial charge is 0.441 e. The predicted octanol–water partition coefficient (Wildman–Crippen LogP) is 4.04. The fourth-order valence-corrected chi connectivity index (χ4v) is 2.36. The summed E-state index contributed by atoms with van der Waals surface area (Å²) in [5.74, 6) is 1.63. The topological polar surface area (TPSA) is 38.1 Å². The molecule has 102 valence electrons. The Morgan fingerprint density at radius 2 is 2.11 bits per heavy atom. The van der Waals surface area contributed by atoms with Gasteiger partial charge in [0.15, 0.2) is 11.7 Å². The van der Waals surface area contributed by atoms with E-state index in [0.717, 1.165) is 47.6 Å². The van der Waals surface area contributed by atoms with Crippen LogP contribution >= 0.6 is 15.9 Å². The second-order valence-corrected chi connectivity index (χ2v) is 5.31. The van der Waals surface area contributed by atoms with Crippen molar-refractivity contribution in [3.8, 4) is 11.3 Å². The Hall–Kier alpha value is -1.13. The average molecular weight is 323 g/mol. The minimum absolute atomic E-state index is 0.809. The molecule has 0 unspecified atom stereocenters. The van der Waals surface area contributed by atoms with E-state index in [1.54, 1.807) is 6.20 Å². The van der Waals surface area contributed by atoms with Crippen LogP contribution in [0.4, 0.5) is 0 Å². The number of nitrogens with zero attached hydrogens (tertiary/aromatic N) is 1. The highest BCUT2D eigenvalue weighted by Gasteiger charge is 2.08. The van der Waals surface area contributed by atoms with Crippen LogP contribution < -0.4 is 5.32 Å². The van der Waals surface area contributed by atoms with Gasteiger partial charge in [-0.15, -0.1) is 0 Å². The Bertz CT molecular complexity index is 510. The molecule has 0 aliphatic heterocycles. The van der Waals surface area contributed by atoms with Gasteiger partial charge in [-0.05, 0) is 32.0 Å². The van der Waals surface area contributed by atoms with Crippen LogP contribution in [0.25, 0.3) is 11.3 Å². The summed E-state index contributed by atoms with van der Waals surface area (Å²) in [7, 11) is 0. The number of rotatable bonds is 7. The summed E-state index contributed by atoms with van der Waals surface area (Å²) in [6, 6.07) is 8.02. The first-order chi connectivity index (χ1) is 9.31. The molecule has 2 aromatic rings. The third kappa shape index (κ3) is 4.18. The molecule has 1 aromatic carbocycles. The van der Waals surface area contributed by atoms with E-state index in [4.69, 9.17) is 4.42 Å². The van der Waals surface area contributed by atoms with Crippen LogP contribution in [0.3, 0.4) is 0 Å². The first-order valence-electron chi connectivity index (χ1n) is 6.71. The van der Waals surface area contributed by atoms with E-state index >= 15 is 0 Å². The second kappa shape index (κ2) is 7.46. The van der Waals surface area contributed by atoms with Crippen molar-refractivity contribution < 1.29 is 4.42 Å². The van der Waals surface area contributed by atoms with E-state index in [1.165, 1.54) is 6.42 Å². The Balaban J connectivity index is 1.91. The summed E-state index contributed by atoms with van der Waals surface area (Å²) in [4.78, 5) is 4.34. The highest BCUT2D eigenvalue weighted by Crippen LogP contribution is 2.28. The molecule has 0 aliphatic rings. The maximum atomic E-state index is 5.79. The summed E-state index contributed by atoms with van der Waals surface area (Å²) in [5.41, 5.74) is 1.05. The minimum Gasteiger partial charge on any atom is -0.441 e. The van der Waals surface area contributed by atoms with Crippen molar-refractivity contribution in [2.24, 2.45) is 0 Å². The Morgan fingerprint density at radius 3 is 2.89 bits per heavy atom. The zero-order chi connectivity index (χ0) is 13.5. The predicted molar refractivity (Wildman–Crippen MR) is 81.1 cm³/mol. The summed E-state index contributed by atoms with van der Waals surface area (Å²) >= 11 is 3.53. The highest BCUT2D eigenvalue weighted by atomic mass is 79.9. The maximum absolute atomic E-state index is 5.79. The Kier molecular flexibility index (Phi) is 5.61. The Labute approximate surface area is 122 Å². The summed E-state index contributed by atoms with van der Waals surface area (Å²) in [5, 5.41) is 3.38. The molecule has 3 nitrogen and oxygen atoms in total. The van der Waals surface area contributed by atoms with E-state index in [-0.39, 0.29) is 0 Å². The molecule has 0 bridgehead atoms. The van der Waals surface area contributed by atoms with Crippen molar-refractivity contribution in [1.82, 2.24) is 10.3 Å². The SMILES string of the molecule is CCCNCCCc1ncc(-c2ccccc2Br)o1. The van der Waals surface area contributed by atoms with Crippen molar-refractivity contribution in [2.45, 2.75) is 26.2 Å². The third-order valence-corrected chi connectivity index (χ3v) is 3.56. The van der Waals surface area contributed by atoms with E-state index in [1.807, 2.05) is 24.3 Å². The maximum Gasteiger partial charge on any atom is 0.194 e. The summed E-state index contributed by atoms with van der Waals surface area (Å²) in [6.45, 7) is 4.26. The summed E-state index contributed by atoms with van der Waals surface area (Å²) < 4.78 is 6.82. The number of oxazole rings is 1. The van der Waals surface area contributed by atoms with E-state index in [9.17, 15) is 0 Å². The fourth-order valence-electron chi connectivity index (χ4n) is 1.88. The average Bonchev–Trinajstić information content (AvgIpc) is 2.88. The normalized spacial score (nSPS) is 10.8. The molecule has 1 N–H and O–H groups in total. The first-order valence-corrected chi connectivity index (χ1v) is 7.51. The number of hydrogen-bond donors (Lipinski definition) is 1. The van der Waals surface area contributed by atoms with Crippen LogP contribution in [0.2, 0.25) is 0 Å². The van der Waals surface area contributed by atoms with Crippen molar-refractivity contribution >= 4 is 15.9 Å². The summed E-state index contributed by atoms with van der Waals surface area (Å²) in [6.07, 6.45) is 4.90.